The van der Waals surface area contributed by atoms with Crippen molar-refractivity contribution in [3.63, 3.8) is 0 Å². The van der Waals surface area contributed by atoms with E-state index >= 15 is 0 Å². The monoisotopic (exact) mass is 415 g/mol. The standard InChI is InChI=1S/C16H16F3N5O5/c1-8-6-15(26,16(17,18)19)23(20-8)14(25)12-5-4-11(29-12)7-22-10(3)13(24(27)28)9(2)21-22/h4-5,26H,6-7H2,1-3H3/t15-/m0/s1. The Morgan fingerprint density at radius 1 is 1.38 bits per heavy atom. The molecule has 29 heavy (non-hydrogen) atoms. The minimum absolute atomic E-state index is 0.0426. The normalized spacial score (nSPS) is 19.6. The van der Waals surface area contributed by atoms with Crippen molar-refractivity contribution in [2.45, 2.75) is 45.6 Å². The zero-order chi connectivity index (χ0) is 21.7. The lowest BCUT2D eigenvalue weighted by Crippen LogP contribution is -2.56. The number of hydrogen-bond donors (Lipinski definition) is 1. The number of furan rings is 1. The van der Waals surface area contributed by atoms with Gasteiger partial charge in [0.1, 0.15) is 17.1 Å². The van der Waals surface area contributed by atoms with Crippen LogP contribution in [0.1, 0.15) is 41.0 Å². The molecule has 0 aliphatic carbocycles. The quantitative estimate of drug-likeness (QED) is 0.604. The lowest BCUT2D eigenvalue weighted by Gasteiger charge is -2.32. The minimum atomic E-state index is -5.12. The van der Waals surface area contributed by atoms with Crippen LogP contribution in [0.5, 0.6) is 0 Å². The van der Waals surface area contributed by atoms with E-state index in [2.05, 4.69) is 10.2 Å². The molecule has 0 spiro atoms. The van der Waals surface area contributed by atoms with Crippen molar-refractivity contribution in [3.05, 3.63) is 45.2 Å². The van der Waals surface area contributed by atoms with Crippen LogP contribution < -0.4 is 0 Å². The molecule has 13 heteroatoms. The zero-order valence-corrected chi connectivity index (χ0v) is 15.5. The van der Waals surface area contributed by atoms with E-state index in [1.807, 2.05) is 0 Å². The fourth-order valence-corrected chi connectivity index (χ4v) is 3.09. The summed E-state index contributed by atoms with van der Waals surface area (Å²) in [5.41, 5.74) is -3.25. The number of nitro groups is 1. The van der Waals surface area contributed by atoms with Crippen molar-refractivity contribution in [1.82, 2.24) is 14.8 Å². The average Bonchev–Trinajstić information content (AvgIpc) is 3.24. The summed E-state index contributed by atoms with van der Waals surface area (Å²) in [7, 11) is 0. The van der Waals surface area contributed by atoms with Crippen LogP contribution in [-0.2, 0) is 6.54 Å². The largest absolute Gasteiger partial charge is 0.454 e. The van der Waals surface area contributed by atoms with Crippen LogP contribution in [0.3, 0.4) is 0 Å². The first kappa shape index (κ1) is 20.5. The van der Waals surface area contributed by atoms with Gasteiger partial charge >= 0.3 is 17.8 Å². The number of nitrogens with zero attached hydrogens (tertiary/aromatic N) is 5. The SMILES string of the molecule is CC1=NN(C(=O)c2ccc(Cn3nc(C)c([N+](=O)[O-])c3C)o2)[C@@](O)(C(F)(F)F)C1. The lowest BCUT2D eigenvalue weighted by molar-refractivity contribution is -0.386. The number of halogens is 3. The van der Waals surface area contributed by atoms with Gasteiger partial charge in [0, 0.05) is 12.1 Å². The molecule has 3 heterocycles. The molecule has 3 rings (SSSR count). The molecule has 0 aromatic carbocycles. The van der Waals surface area contributed by atoms with Crippen molar-refractivity contribution < 1.29 is 32.4 Å². The highest BCUT2D eigenvalue weighted by atomic mass is 19.4. The molecule has 1 atom stereocenters. The Morgan fingerprint density at radius 3 is 2.59 bits per heavy atom. The molecule has 10 nitrogen and oxygen atoms in total. The van der Waals surface area contributed by atoms with E-state index < -0.39 is 34.9 Å². The summed E-state index contributed by atoms with van der Waals surface area (Å²) >= 11 is 0. The predicted molar refractivity (Wildman–Crippen MR) is 91.1 cm³/mol. The molecule has 0 saturated heterocycles. The second-order valence-corrected chi connectivity index (χ2v) is 6.64. The zero-order valence-electron chi connectivity index (χ0n) is 15.5. The summed E-state index contributed by atoms with van der Waals surface area (Å²) in [6.45, 7) is 4.12. The number of hydrogen-bond acceptors (Lipinski definition) is 7. The first-order chi connectivity index (χ1) is 13.3. The van der Waals surface area contributed by atoms with E-state index in [9.17, 15) is 33.2 Å². The summed E-state index contributed by atoms with van der Waals surface area (Å²) in [6, 6.07) is 2.46. The van der Waals surface area contributed by atoms with Crippen LogP contribution in [0.4, 0.5) is 18.9 Å². The molecular formula is C16H16F3N5O5. The Morgan fingerprint density at radius 2 is 2.03 bits per heavy atom. The van der Waals surface area contributed by atoms with Crippen LogP contribution >= 0.6 is 0 Å². The number of aromatic nitrogens is 2. The van der Waals surface area contributed by atoms with Crippen molar-refractivity contribution >= 4 is 17.3 Å². The van der Waals surface area contributed by atoms with E-state index in [1.54, 1.807) is 0 Å². The van der Waals surface area contributed by atoms with Crippen LogP contribution in [0.15, 0.2) is 21.7 Å². The Kier molecular flexibility index (Phi) is 4.73. The first-order valence-corrected chi connectivity index (χ1v) is 8.30. The molecule has 156 valence electrons. The van der Waals surface area contributed by atoms with Gasteiger partial charge in [-0.25, -0.2) is 0 Å². The van der Waals surface area contributed by atoms with Gasteiger partial charge in [0.2, 0.25) is 0 Å². The molecule has 0 fully saturated rings. The fourth-order valence-electron chi connectivity index (χ4n) is 3.09. The molecule has 1 aliphatic rings. The number of alkyl halides is 3. The van der Waals surface area contributed by atoms with Crippen LogP contribution in [0.2, 0.25) is 0 Å². The molecule has 2 aromatic rings. The molecule has 1 N–H and O–H groups in total. The maximum Gasteiger partial charge on any atom is 0.438 e. The predicted octanol–water partition coefficient (Wildman–Crippen LogP) is 2.52. The number of amides is 1. The van der Waals surface area contributed by atoms with E-state index in [4.69, 9.17) is 4.42 Å². The summed E-state index contributed by atoms with van der Waals surface area (Å²) in [6.07, 6.45) is -5.99. The lowest BCUT2D eigenvalue weighted by atomic mass is 10.1. The van der Waals surface area contributed by atoms with Crippen LogP contribution in [-0.4, -0.2) is 48.3 Å². The Labute approximate surface area is 161 Å². The Bertz CT molecular complexity index is 1020. The van der Waals surface area contributed by atoms with Crippen molar-refractivity contribution in [3.8, 4) is 0 Å². The number of hydrazone groups is 1. The van der Waals surface area contributed by atoms with E-state index in [1.165, 1.54) is 31.5 Å². The number of carbonyl (C=O) groups excluding carboxylic acids is 1. The summed E-state index contributed by atoms with van der Waals surface area (Å²) in [5.74, 6) is -1.62. The van der Waals surface area contributed by atoms with Crippen LogP contribution in [0.25, 0.3) is 0 Å². The van der Waals surface area contributed by atoms with E-state index in [-0.39, 0.29) is 40.1 Å². The second-order valence-electron chi connectivity index (χ2n) is 6.64. The molecule has 2 aromatic heterocycles. The number of aliphatic hydroxyl groups is 1. The highest BCUT2D eigenvalue weighted by Crippen LogP contribution is 2.41. The Balaban J connectivity index is 1.86. The maximum absolute atomic E-state index is 13.3. The van der Waals surface area contributed by atoms with Crippen molar-refractivity contribution in [2.24, 2.45) is 5.10 Å². The molecular weight excluding hydrogens is 399 g/mol. The highest BCUT2D eigenvalue weighted by molar-refractivity contribution is 5.96. The van der Waals surface area contributed by atoms with Gasteiger partial charge in [-0.2, -0.15) is 28.4 Å². The Hall–Kier alpha value is -3.22. The molecule has 1 amide bonds. The first-order valence-electron chi connectivity index (χ1n) is 8.30. The summed E-state index contributed by atoms with van der Waals surface area (Å²) in [4.78, 5) is 23.0. The van der Waals surface area contributed by atoms with Gasteiger partial charge in [-0.1, -0.05) is 0 Å². The molecule has 1 aliphatic heterocycles. The van der Waals surface area contributed by atoms with Gasteiger partial charge in [-0.3, -0.25) is 19.6 Å². The van der Waals surface area contributed by atoms with Crippen LogP contribution in [0, 0.1) is 24.0 Å². The van der Waals surface area contributed by atoms with Gasteiger partial charge < -0.3 is 9.52 Å². The number of carbonyl (C=O) groups is 1. The number of aryl methyl sites for hydroxylation is 1. The molecule has 0 saturated carbocycles. The smallest absolute Gasteiger partial charge is 0.438 e. The van der Waals surface area contributed by atoms with E-state index in [0.717, 1.165) is 6.07 Å². The third kappa shape index (κ3) is 3.37. The van der Waals surface area contributed by atoms with Crippen molar-refractivity contribution in [1.29, 1.82) is 0 Å². The van der Waals surface area contributed by atoms with Gasteiger partial charge in [0.25, 0.3) is 5.72 Å². The second kappa shape index (κ2) is 6.69. The average molecular weight is 415 g/mol. The molecule has 0 unspecified atom stereocenters. The molecule has 0 radical (unpaired) electrons. The fraction of sp³-hybridized carbons (Fsp3) is 0.438. The van der Waals surface area contributed by atoms with Gasteiger partial charge in [-0.15, -0.1) is 0 Å². The number of rotatable bonds is 4. The van der Waals surface area contributed by atoms with Gasteiger partial charge in [0.05, 0.1) is 11.5 Å². The topological polar surface area (TPSA) is 127 Å². The molecule has 0 bridgehead atoms. The maximum atomic E-state index is 13.3. The summed E-state index contributed by atoms with van der Waals surface area (Å²) in [5, 5.41) is 28.6. The van der Waals surface area contributed by atoms with Gasteiger partial charge in [0.15, 0.2) is 5.76 Å². The van der Waals surface area contributed by atoms with Crippen molar-refractivity contribution in [2.75, 3.05) is 0 Å². The third-order valence-electron chi connectivity index (χ3n) is 4.47. The van der Waals surface area contributed by atoms with Gasteiger partial charge in [-0.05, 0) is 32.9 Å². The third-order valence-corrected chi connectivity index (χ3v) is 4.47. The summed E-state index contributed by atoms with van der Waals surface area (Å²) < 4.78 is 46.4. The highest BCUT2D eigenvalue weighted by Gasteiger charge is 2.63. The minimum Gasteiger partial charge on any atom is -0.454 e. The van der Waals surface area contributed by atoms with E-state index in [0.29, 0.717) is 0 Å².